The Kier molecular flexibility index (Phi) is 3.56. The van der Waals surface area contributed by atoms with Crippen LogP contribution in [0.1, 0.15) is 47.2 Å². The first-order valence-electron chi connectivity index (χ1n) is 5.75. The minimum Gasteiger partial charge on any atom is -0.184 e. The molecular weight excluding hydrogens is 198 g/mol. The maximum atomic E-state index is 4.42. The van der Waals surface area contributed by atoms with Crippen LogP contribution < -0.4 is 0 Å². The standard InChI is InChI=1S/C13H23N3/c1-12(2,3)8-7-11-9-14-16(15-11)10-13(4,5)6/h7-9H,10H2,1-6H3/b8-7-. The van der Waals surface area contributed by atoms with Crippen molar-refractivity contribution in [2.75, 3.05) is 0 Å². The minimum atomic E-state index is 0.188. The maximum absolute atomic E-state index is 4.42. The Balaban J connectivity index is 2.69. The molecule has 0 atom stereocenters. The van der Waals surface area contributed by atoms with Crippen LogP contribution in [-0.4, -0.2) is 15.0 Å². The van der Waals surface area contributed by atoms with Gasteiger partial charge in [0.1, 0.15) is 5.69 Å². The second-order valence-corrected chi connectivity index (χ2v) is 6.56. The molecule has 0 saturated heterocycles. The first kappa shape index (κ1) is 12.9. The number of nitrogens with zero attached hydrogens (tertiary/aromatic N) is 3. The van der Waals surface area contributed by atoms with Crippen LogP contribution in [0.15, 0.2) is 12.3 Å². The van der Waals surface area contributed by atoms with E-state index in [0.717, 1.165) is 12.2 Å². The van der Waals surface area contributed by atoms with Crippen molar-refractivity contribution in [2.45, 2.75) is 48.1 Å². The molecule has 1 aromatic heterocycles. The van der Waals surface area contributed by atoms with Crippen molar-refractivity contribution in [3.8, 4) is 0 Å². The van der Waals surface area contributed by atoms with Gasteiger partial charge in [-0.25, -0.2) is 0 Å². The van der Waals surface area contributed by atoms with Gasteiger partial charge in [-0.1, -0.05) is 47.6 Å². The van der Waals surface area contributed by atoms with Gasteiger partial charge in [-0.15, -0.1) is 0 Å². The van der Waals surface area contributed by atoms with Gasteiger partial charge in [0, 0.05) is 0 Å². The Bertz CT molecular complexity index is 361. The van der Waals surface area contributed by atoms with E-state index in [0.29, 0.717) is 0 Å². The lowest BCUT2D eigenvalue weighted by molar-refractivity contribution is 0.303. The number of hydrogen-bond donors (Lipinski definition) is 0. The molecule has 16 heavy (non-hydrogen) atoms. The molecule has 1 rings (SSSR count). The molecule has 0 fully saturated rings. The van der Waals surface area contributed by atoms with Gasteiger partial charge in [0.15, 0.2) is 0 Å². The second kappa shape index (κ2) is 4.40. The summed E-state index contributed by atoms with van der Waals surface area (Å²) in [5.74, 6) is 0. The number of allylic oxidation sites excluding steroid dienone is 1. The third-order valence-electron chi connectivity index (χ3n) is 1.92. The zero-order valence-corrected chi connectivity index (χ0v) is 11.3. The van der Waals surface area contributed by atoms with Crippen LogP contribution in [-0.2, 0) is 6.54 Å². The Morgan fingerprint density at radius 3 is 2.31 bits per heavy atom. The molecule has 1 aromatic rings. The summed E-state index contributed by atoms with van der Waals surface area (Å²) in [7, 11) is 0. The van der Waals surface area contributed by atoms with Crippen LogP contribution in [0, 0.1) is 10.8 Å². The van der Waals surface area contributed by atoms with Crippen molar-refractivity contribution in [3.05, 3.63) is 18.0 Å². The zero-order chi connectivity index (χ0) is 12.4. The van der Waals surface area contributed by atoms with Crippen molar-refractivity contribution in [2.24, 2.45) is 10.8 Å². The van der Waals surface area contributed by atoms with Crippen molar-refractivity contribution in [1.29, 1.82) is 0 Å². The lowest BCUT2D eigenvalue weighted by Gasteiger charge is -2.16. The van der Waals surface area contributed by atoms with Crippen LogP contribution in [0.4, 0.5) is 0 Å². The number of hydrogen-bond acceptors (Lipinski definition) is 2. The lowest BCUT2D eigenvalue weighted by atomic mass is 9.96. The second-order valence-electron chi connectivity index (χ2n) is 6.56. The summed E-state index contributed by atoms with van der Waals surface area (Å²) in [5.41, 5.74) is 1.33. The van der Waals surface area contributed by atoms with Gasteiger partial charge in [0.25, 0.3) is 0 Å². The molecule has 0 unspecified atom stereocenters. The number of rotatable bonds is 2. The topological polar surface area (TPSA) is 30.7 Å². The third-order valence-corrected chi connectivity index (χ3v) is 1.92. The molecule has 0 spiro atoms. The van der Waals surface area contributed by atoms with E-state index < -0.39 is 0 Å². The Morgan fingerprint density at radius 2 is 1.81 bits per heavy atom. The summed E-state index contributed by atoms with van der Waals surface area (Å²) in [4.78, 5) is 1.77. The molecule has 1 heterocycles. The highest BCUT2D eigenvalue weighted by Gasteiger charge is 2.12. The van der Waals surface area contributed by atoms with Crippen LogP contribution in [0.3, 0.4) is 0 Å². The van der Waals surface area contributed by atoms with Gasteiger partial charge in [0.2, 0.25) is 0 Å². The molecule has 0 aliphatic heterocycles. The first-order valence-corrected chi connectivity index (χ1v) is 5.75. The van der Waals surface area contributed by atoms with Gasteiger partial charge < -0.3 is 0 Å². The molecule has 0 amide bonds. The smallest absolute Gasteiger partial charge is 0.105 e. The molecule has 0 saturated carbocycles. The molecule has 3 nitrogen and oxygen atoms in total. The van der Waals surface area contributed by atoms with E-state index in [1.807, 2.05) is 12.3 Å². The average Bonchev–Trinajstić information content (AvgIpc) is 2.44. The van der Waals surface area contributed by atoms with E-state index in [4.69, 9.17) is 0 Å². The predicted octanol–water partition coefficient (Wildman–Crippen LogP) is 3.38. The van der Waals surface area contributed by atoms with E-state index in [1.54, 1.807) is 4.80 Å². The fourth-order valence-electron chi connectivity index (χ4n) is 1.22. The summed E-state index contributed by atoms with van der Waals surface area (Å²) in [6, 6.07) is 0. The molecule has 3 heteroatoms. The van der Waals surface area contributed by atoms with E-state index in [-0.39, 0.29) is 10.8 Å². The van der Waals surface area contributed by atoms with E-state index in [9.17, 15) is 0 Å². The van der Waals surface area contributed by atoms with Gasteiger partial charge in [-0.2, -0.15) is 15.0 Å². The van der Waals surface area contributed by atoms with Crippen molar-refractivity contribution >= 4 is 6.08 Å². The van der Waals surface area contributed by atoms with E-state index in [2.05, 4.69) is 57.8 Å². The molecule has 0 N–H and O–H groups in total. The van der Waals surface area contributed by atoms with Crippen molar-refractivity contribution < 1.29 is 0 Å². The highest BCUT2D eigenvalue weighted by Crippen LogP contribution is 2.17. The van der Waals surface area contributed by atoms with Gasteiger partial charge in [-0.05, 0) is 16.9 Å². The Labute approximate surface area is 98.6 Å². The Morgan fingerprint density at radius 1 is 1.19 bits per heavy atom. The number of aromatic nitrogens is 3. The SMILES string of the molecule is CC(C)(C)/C=C\c1cnn(CC(C)(C)C)n1. The fourth-order valence-corrected chi connectivity index (χ4v) is 1.22. The van der Waals surface area contributed by atoms with Crippen molar-refractivity contribution in [1.82, 2.24) is 15.0 Å². The molecule has 0 aliphatic carbocycles. The summed E-state index contributed by atoms with van der Waals surface area (Å²) in [6.07, 6.45) is 6.00. The van der Waals surface area contributed by atoms with E-state index in [1.165, 1.54) is 0 Å². The summed E-state index contributed by atoms with van der Waals surface area (Å²) in [6.45, 7) is 13.9. The highest BCUT2D eigenvalue weighted by molar-refractivity contribution is 5.43. The maximum Gasteiger partial charge on any atom is 0.105 e. The highest BCUT2D eigenvalue weighted by atomic mass is 15.5. The van der Waals surface area contributed by atoms with Crippen LogP contribution >= 0.6 is 0 Å². The van der Waals surface area contributed by atoms with Gasteiger partial charge >= 0.3 is 0 Å². The molecule has 0 aromatic carbocycles. The van der Waals surface area contributed by atoms with Crippen molar-refractivity contribution in [3.63, 3.8) is 0 Å². The van der Waals surface area contributed by atoms with Crippen LogP contribution in [0.25, 0.3) is 6.08 Å². The first-order chi connectivity index (χ1) is 7.16. The molecule has 0 aliphatic rings. The minimum absolute atomic E-state index is 0.188. The monoisotopic (exact) mass is 221 g/mol. The molecule has 0 bridgehead atoms. The van der Waals surface area contributed by atoms with Gasteiger partial charge in [0.05, 0.1) is 12.7 Å². The van der Waals surface area contributed by atoms with Crippen LogP contribution in [0.2, 0.25) is 0 Å². The fraction of sp³-hybridized carbons (Fsp3) is 0.692. The quantitative estimate of drug-likeness (QED) is 0.766. The van der Waals surface area contributed by atoms with Gasteiger partial charge in [-0.3, -0.25) is 0 Å². The molecular formula is C13H23N3. The molecule has 0 radical (unpaired) electrons. The summed E-state index contributed by atoms with van der Waals surface area (Å²) < 4.78 is 0. The average molecular weight is 221 g/mol. The predicted molar refractivity (Wildman–Crippen MR) is 68.0 cm³/mol. The lowest BCUT2D eigenvalue weighted by Crippen LogP contribution is -2.17. The van der Waals surface area contributed by atoms with Crippen LogP contribution in [0.5, 0.6) is 0 Å². The Hall–Kier alpha value is -1.12. The normalized spacial score (nSPS) is 13.6. The largest absolute Gasteiger partial charge is 0.184 e. The van der Waals surface area contributed by atoms with E-state index >= 15 is 0 Å². The summed E-state index contributed by atoms with van der Waals surface area (Å²) >= 11 is 0. The molecule has 90 valence electrons. The third kappa shape index (κ3) is 5.10. The summed E-state index contributed by atoms with van der Waals surface area (Å²) in [5, 5.41) is 8.67. The zero-order valence-electron chi connectivity index (χ0n) is 11.3.